The predicted octanol–water partition coefficient (Wildman–Crippen LogP) is 4.16. The first-order valence-electron chi connectivity index (χ1n) is 13.4. The third kappa shape index (κ3) is 13.6. The number of carbonyl (C=O) groups excluding carboxylic acids is 2. The maximum atomic E-state index is 11.9. The van der Waals surface area contributed by atoms with Gasteiger partial charge in [0.05, 0.1) is 0 Å². The van der Waals surface area contributed by atoms with Crippen LogP contribution in [0.5, 0.6) is 0 Å². The van der Waals surface area contributed by atoms with Crippen LogP contribution in [0.2, 0.25) is 0 Å². The largest absolute Gasteiger partial charge is 0.463 e. The lowest BCUT2D eigenvalue weighted by Crippen LogP contribution is -2.59. The highest BCUT2D eigenvalue weighted by molar-refractivity contribution is 5.69. The van der Waals surface area contributed by atoms with Crippen LogP contribution in [0.15, 0.2) is 0 Å². The first-order valence-corrected chi connectivity index (χ1v) is 13.4. The molecule has 0 aromatic carbocycles. The SMILES string of the molecule is CCCCCCCCCCCCCCCCCC(=O)OCC1O[C@@H](O)C(OC(C)=O)[C@@H](O)[C@@H]1O. The van der Waals surface area contributed by atoms with Gasteiger partial charge in [-0.15, -0.1) is 0 Å². The summed E-state index contributed by atoms with van der Waals surface area (Å²) in [5.74, 6) is -1.12. The molecule has 0 radical (unpaired) electrons. The van der Waals surface area contributed by atoms with Crippen molar-refractivity contribution in [3.63, 3.8) is 0 Å². The van der Waals surface area contributed by atoms with Gasteiger partial charge in [-0.25, -0.2) is 0 Å². The van der Waals surface area contributed by atoms with Crippen LogP contribution < -0.4 is 0 Å². The summed E-state index contributed by atoms with van der Waals surface area (Å²) < 4.78 is 15.1. The van der Waals surface area contributed by atoms with E-state index in [-0.39, 0.29) is 13.0 Å². The third-order valence-corrected chi connectivity index (χ3v) is 6.36. The van der Waals surface area contributed by atoms with Gasteiger partial charge in [0.1, 0.15) is 24.9 Å². The second kappa shape index (κ2) is 19.0. The summed E-state index contributed by atoms with van der Waals surface area (Å²) in [6, 6.07) is 0. The number of rotatable bonds is 19. The molecule has 1 heterocycles. The van der Waals surface area contributed by atoms with Crippen molar-refractivity contribution in [2.75, 3.05) is 6.61 Å². The summed E-state index contributed by atoms with van der Waals surface area (Å²) in [5.41, 5.74) is 0. The number of hydrogen-bond donors (Lipinski definition) is 3. The fraction of sp³-hybridized carbons (Fsp3) is 0.923. The number of ether oxygens (including phenoxy) is 3. The minimum Gasteiger partial charge on any atom is -0.463 e. The van der Waals surface area contributed by atoms with Gasteiger partial charge in [-0.05, 0) is 6.42 Å². The highest BCUT2D eigenvalue weighted by Gasteiger charge is 2.46. The Morgan fingerprint density at radius 1 is 0.735 bits per heavy atom. The zero-order valence-electron chi connectivity index (χ0n) is 21.3. The molecule has 1 saturated heterocycles. The Kier molecular flexibility index (Phi) is 17.2. The number of aliphatic hydroxyl groups is 3. The lowest BCUT2D eigenvalue weighted by molar-refractivity contribution is -0.291. The number of esters is 2. The van der Waals surface area contributed by atoms with Crippen LogP contribution in [-0.2, 0) is 23.8 Å². The van der Waals surface area contributed by atoms with E-state index in [0.29, 0.717) is 0 Å². The molecular weight excluding hydrogens is 440 g/mol. The summed E-state index contributed by atoms with van der Waals surface area (Å²) in [6.45, 7) is 3.08. The molecule has 0 saturated carbocycles. The molecule has 2 unspecified atom stereocenters. The molecule has 0 spiro atoms. The van der Waals surface area contributed by atoms with E-state index in [0.717, 1.165) is 26.2 Å². The van der Waals surface area contributed by atoms with Crippen molar-refractivity contribution in [2.24, 2.45) is 0 Å². The van der Waals surface area contributed by atoms with Gasteiger partial charge in [-0.1, -0.05) is 96.8 Å². The summed E-state index contributed by atoms with van der Waals surface area (Å²) in [5, 5.41) is 30.0. The molecule has 3 N–H and O–H groups in total. The van der Waals surface area contributed by atoms with Gasteiger partial charge in [0.25, 0.3) is 0 Å². The quantitative estimate of drug-likeness (QED) is 0.183. The lowest BCUT2D eigenvalue weighted by atomic mass is 9.99. The molecule has 0 aromatic heterocycles. The Bertz CT molecular complexity index is 541. The van der Waals surface area contributed by atoms with Crippen molar-refractivity contribution in [3.8, 4) is 0 Å². The second-order valence-electron chi connectivity index (χ2n) is 9.50. The molecule has 0 bridgehead atoms. The Hall–Kier alpha value is -1.22. The van der Waals surface area contributed by atoms with Crippen molar-refractivity contribution in [1.29, 1.82) is 0 Å². The maximum absolute atomic E-state index is 11.9. The molecule has 0 aliphatic carbocycles. The average molecular weight is 489 g/mol. The van der Waals surface area contributed by atoms with Gasteiger partial charge in [0, 0.05) is 13.3 Å². The summed E-state index contributed by atoms with van der Waals surface area (Å²) in [7, 11) is 0. The van der Waals surface area contributed by atoms with Crippen molar-refractivity contribution in [1.82, 2.24) is 0 Å². The fourth-order valence-electron chi connectivity index (χ4n) is 4.27. The predicted molar refractivity (Wildman–Crippen MR) is 129 cm³/mol. The van der Waals surface area contributed by atoms with E-state index in [9.17, 15) is 24.9 Å². The summed E-state index contributed by atoms with van der Waals surface area (Å²) in [4.78, 5) is 23.0. The molecule has 8 heteroatoms. The monoisotopic (exact) mass is 488 g/mol. The highest BCUT2D eigenvalue weighted by Crippen LogP contribution is 2.23. The van der Waals surface area contributed by atoms with Crippen molar-refractivity contribution in [2.45, 2.75) is 147 Å². The zero-order valence-corrected chi connectivity index (χ0v) is 21.3. The summed E-state index contributed by atoms with van der Waals surface area (Å²) >= 11 is 0. The third-order valence-electron chi connectivity index (χ3n) is 6.36. The van der Waals surface area contributed by atoms with E-state index in [1.807, 2.05) is 0 Å². The first-order chi connectivity index (χ1) is 16.4. The molecule has 8 nitrogen and oxygen atoms in total. The zero-order chi connectivity index (χ0) is 25.2. The van der Waals surface area contributed by atoms with Gasteiger partial charge < -0.3 is 29.5 Å². The van der Waals surface area contributed by atoms with Gasteiger partial charge in [-0.2, -0.15) is 0 Å². The average Bonchev–Trinajstić information content (AvgIpc) is 2.80. The van der Waals surface area contributed by atoms with E-state index < -0.39 is 42.6 Å². The molecule has 0 amide bonds. The molecule has 34 heavy (non-hydrogen) atoms. The van der Waals surface area contributed by atoms with E-state index >= 15 is 0 Å². The molecule has 200 valence electrons. The number of carbonyl (C=O) groups is 2. The smallest absolute Gasteiger partial charge is 0.305 e. The minimum atomic E-state index is -1.61. The van der Waals surface area contributed by atoms with E-state index in [1.54, 1.807) is 0 Å². The van der Waals surface area contributed by atoms with Crippen LogP contribution in [0.1, 0.15) is 117 Å². The van der Waals surface area contributed by atoms with Crippen molar-refractivity contribution >= 4 is 11.9 Å². The van der Waals surface area contributed by atoms with Crippen LogP contribution in [0.25, 0.3) is 0 Å². The van der Waals surface area contributed by atoms with Crippen LogP contribution in [0, 0.1) is 0 Å². The highest BCUT2D eigenvalue weighted by atomic mass is 16.7. The summed E-state index contributed by atoms with van der Waals surface area (Å²) in [6.07, 6.45) is 12.0. The second-order valence-corrected chi connectivity index (χ2v) is 9.50. The van der Waals surface area contributed by atoms with Crippen molar-refractivity contribution < 1.29 is 39.1 Å². The minimum absolute atomic E-state index is 0.280. The van der Waals surface area contributed by atoms with E-state index in [4.69, 9.17) is 14.2 Å². The van der Waals surface area contributed by atoms with Crippen LogP contribution in [-0.4, -0.2) is 64.6 Å². The number of aliphatic hydroxyl groups excluding tert-OH is 3. The number of hydrogen-bond acceptors (Lipinski definition) is 8. The molecule has 1 aliphatic rings. The van der Waals surface area contributed by atoms with Crippen LogP contribution in [0.3, 0.4) is 0 Å². The standard InChI is InChI=1S/C26H48O8/c1-3-4-5-6-7-8-9-10-11-12-13-14-15-16-17-18-22(28)32-19-21-23(29)24(30)25(26(31)34-21)33-20(2)27/h21,23-26,29-31H,3-19H2,1-2H3/t21?,23-,24+,25?,26-/m1/s1. The Labute approximate surface area is 205 Å². The lowest BCUT2D eigenvalue weighted by Gasteiger charge is -2.39. The first kappa shape index (κ1) is 30.8. The molecule has 5 atom stereocenters. The van der Waals surface area contributed by atoms with Gasteiger partial charge in [-0.3, -0.25) is 9.59 Å². The maximum Gasteiger partial charge on any atom is 0.305 e. The molecular formula is C26H48O8. The molecule has 1 fully saturated rings. The molecule has 1 aliphatic heterocycles. The topological polar surface area (TPSA) is 123 Å². The normalized spacial score (nSPS) is 24.7. The van der Waals surface area contributed by atoms with Crippen molar-refractivity contribution in [3.05, 3.63) is 0 Å². The Morgan fingerprint density at radius 3 is 1.68 bits per heavy atom. The van der Waals surface area contributed by atoms with Crippen LogP contribution >= 0.6 is 0 Å². The Balaban J connectivity index is 1.98. The molecule has 1 rings (SSSR count). The van der Waals surface area contributed by atoms with E-state index in [2.05, 4.69) is 6.92 Å². The number of unbranched alkanes of at least 4 members (excludes halogenated alkanes) is 14. The Morgan fingerprint density at radius 2 is 1.21 bits per heavy atom. The van der Waals surface area contributed by atoms with Gasteiger partial charge >= 0.3 is 11.9 Å². The molecule has 0 aromatic rings. The fourth-order valence-corrected chi connectivity index (χ4v) is 4.27. The van der Waals surface area contributed by atoms with Gasteiger partial charge in [0.2, 0.25) is 0 Å². The van der Waals surface area contributed by atoms with E-state index in [1.165, 1.54) is 77.0 Å². The van der Waals surface area contributed by atoms with Crippen LogP contribution in [0.4, 0.5) is 0 Å². The van der Waals surface area contributed by atoms with Gasteiger partial charge in [0.15, 0.2) is 12.4 Å².